The predicted molar refractivity (Wildman–Crippen MR) is 126 cm³/mol. The molecule has 7 heteroatoms. The monoisotopic (exact) mass is 473 g/mol. The summed E-state index contributed by atoms with van der Waals surface area (Å²) < 4.78 is 58.6. The average Bonchev–Trinajstić information content (AvgIpc) is 3.18. The second kappa shape index (κ2) is 9.34. The molecular weight excluding hydrogens is 442 g/mol. The fraction of sp³-hybridized carbons (Fsp3) is 0.481. The summed E-state index contributed by atoms with van der Waals surface area (Å²) >= 11 is 0. The van der Waals surface area contributed by atoms with Crippen LogP contribution in [0.25, 0.3) is 10.9 Å². The molecule has 0 amide bonds. The summed E-state index contributed by atoms with van der Waals surface area (Å²) in [4.78, 5) is 4.84. The van der Waals surface area contributed by atoms with E-state index in [0.29, 0.717) is 30.1 Å². The maximum absolute atomic E-state index is 15.7. The number of alkyl halides is 2. The summed E-state index contributed by atoms with van der Waals surface area (Å²) in [6.07, 6.45) is 1.53. The molecule has 182 valence electrons. The first kappa shape index (κ1) is 23.4. The minimum Gasteiger partial charge on any atom is -0.357 e. The number of aromatic amines is 1. The Labute approximate surface area is 197 Å². The van der Waals surface area contributed by atoms with Gasteiger partial charge in [0, 0.05) is 28.2 Å². The Morgan fingerprint density at radius 2 is 1.74 bits per heavy atom. The summed E-state index contributed by atoms with van der Waals surface area (Å²) in [6.45, 7) is 1.94. The number of hydrogen-bond donors (Lipinski definition) is 2. The summed E-state index contributed by atoms with van der Waals surface area (Å²) in [5.41, 5.74) is 8.67. The first-order valence-electron chi connectivity index (χ1n) is 12.2. The zero-order chi connectivity index (χ0) is 24.0. The lowest BCUT2D eigenvalue weighted by Gasteiger charge is -2.41. The quantitative estimate of drug-likeness (QED) is 0.429. The van der Waals surface area contributed by atoms with Gasteiger partial charge in [-0.05, 0) is 86.7 Å². The number of nitrogens with zero attached hydrogens (tertiary/aromatic N) is 1. The van der Waals surface area contributed by atoms with Gasteiger partial charge in [0.2, 0.25) is 0 Å². The molecule has 0 radical (unpaired) electrons. The minimum absolute atomic E-state index is 0.0898. The van der Waals surface area contributed by atoms with Gasteiger partial charge in [0.1, 0.15) is 11.6 Å². The Kier molecular flexibility index (Phi) is 6.42. The maximum atomic E-state index is 15.7. The molecule has 1 aliphatic heterocycles. The molecule has 0 spiro atoms. The third-order valence-electron chi connectivity index (χ3n) is 7.89. The first-order valence-corrected chi connectivity index (χ1v) is 12.2. The molecule has 2 aromatic carbocycles. The smallest absolute Gasteiger partial charge is 0.251 e. The number of rotatable bonds is 5. The van der Waals surface area contributed by atoms with Crippen LogP contribution in [0.4, 0.5) is 17.6 Å². The Morgan fingerprint density at radius 1 is 1.06 bits per heavy atom. The van der Waals surface area contributed by atoms with Crippen LogP contribution in [0.1, 0.15) is 67.0 Å². The molecule has 2 atom stereocenters. The topological polar surface area (TPSA) is 45.1 Å². The van der Waals surface area contributed by atoms with E-state index in [4.69, 9.17) is 5.73 Å². The molecule has 0 bridgehead atoms. The predicted octanol–water partition coefficient (Wildman–Crippen LogP) is 6.28. The number of fused-ring (bicyclic) bond motifs is 3. The fourth-order valence-electron chi connectivity index (χ4n) is 6.09. The molecule has 1 aromatic heterocycles. The van der Waals surface area contributed by atoms with Crippen molar-refractivity contribution in [3.05, 3.63) is 70.4 Å². The Balaban J connectivity index is 1.59. The number of para-hydroxylation sites is 1. The van der Waals surface area contributed by atoms with Crippen molar-refractivity contribution >= 4 is 10.9 Å². The van der Waals surface area contributed by atoms with E-state index in [0.717, 1.165) is 42.1 Å². The van der Waals surface area contributed by atoms with Gasteiger partial charge >= 0.3 is 0 Å². The van der Waals surface area contributed by atoms with Crippen LogP contribution in [0.3, 0.4) is 0 Å². The van der Waals surface area contributed by atoms with Crippen LogP contribution < -0.4 is 5.73 Å². The molecule has 34 heavy (non-hydrogen) atoms. The highest BCUT2D eigenvalue weighted by Gasteiger charge is 2.40. The molecule has 1 saturated carbocycles. The minimum atomic E-state index is -2.61. The second-order valence-electron chi connectivity index (χ2n) is 9.96. The number of hydrogen-bond acceptors (Lipinski definition) is 2. The molecule has 1 aliphatic carbocycles. The van der Waals surface area contributed by atoms with E-state index in [2.05, 4.69) is 4.98 Å². The van der Waals surface area contributed by atoms with Crippen LogP contribution in [0.15, 0.2) is 36.4 Å². The van der Waals surface area contributed by atoms with Gasteiger partial charge in [0.05, 0.1) is 12.6 Å². The lowest BCUT2D eigenvalue weighted by Crippen LogP contribution is -2.45. The highest BCUT2D eigenvalue weighted by molar-refractivity contribution is 5.85. The zero-order valence-corrected chi connectivity index (χ0v) is 19.3. The Bertz CT molecular complexity index is 1140. The van der Waals surface area contributed by atoms with E-state index in [1.165, 1.54) is 17.0 Å². The van der Waals surface area contributed by atoms with E-state index in [1.807, 2.05) is 31.2 Å². The van der Waals surface area contributed by atoms with Crippen molar-refractivity contribution in [2.75, 3.05) is 13.1 Å². The standard InChI is InChI=1S/C27H31F4N3/c1-15-10-20-19-4-2-3-5-23(19)33-26(20)27(34(15)14-24(30)31)25-21(28)11-18(12-22(25)29)17-8-6-16(13-32)7-9-17/h2-5,11-12,15-17,24,27,33H,6-10,13-14,32H2,1H3/t15-,16?,17?,27-/m1/s1. The Morgan fingerprint density at radius 3 is 2.38 bits per heavy atom. The number of nitrogens with two attached hydrogens (primary N) is 1. The highest BCUT2D eigenvalue weighted by atomic mass is 19.3. The van der Waals surface area contributed by atoms with Crippen molar-refractivity contribution in [2.45, 2.75) is 63.5 Å². The highest BCUT2D eigenvalue weighted by Crippen LogP contribution is 2.44. The fourth-order valence-corrected chi connectivity index (χ4v) is 6.09. The van der Waals surface area contributed by atoms with Crippen LogP contribution in [0.2, 0.25) is 0 Å². The number of nitrogens with one attached hydrogen (secondary N) is 1. The summed E-state index contributed by atoms with van der Waals surface area (Å²) in [6, 6.07) is 9.27. The van der Waals surface area contributed by atoms with Gasteiger partial charge < -0.3 is 10.7 Å². The molecule has 2 heterocycles. The van der Waals surface area contributed by atoms with Gasteiger partial charge in [-0.3, -0.25) is 4.90 Å². The van der Waals surface area contributed by atoms with Crippen LogP contribution in [0, 0.1) is 17.6 Å². The van der Waals surface area contributed by atoms with E-state index in [-0.39, 0.29) is 17.5 Å². The number of H-pyrrole nitrogens is 1. The van der Waals surface area contributed by atoms with Gasteiger partial charge in [0.25, 0.3) is 6.43 Å². The third kappa shape index (κ3) is 4.13. The van der Waals surface area contributed by atoms with Crippen molar-refractivity contribution in [2.24, 2.45) is 11.7 Å². The van der Waals surface area contributed by atoms with E-state index in [1.54, 1.807) is 0 Å². The molecule has 3 aromatic rings. The second-order valence-corrected chi connectivity index (χ2v) is 9.96. The number of halogens is 4. The normalized spacial score (nSPS) is 25.7. The number of aromatic nitrogens is 1. The summed E-state index contributed by atoms with van der Waals surface area (Å²) in [7, 11) is 0. The van der Waals surface area contributed by atoms with Crippen LogP contribution in [0.5, 0.6) is 0 Å². The van der Waals surface area contributed by atoms with Crippen molar-refractivity contribution in [3.8, 4) is 0 Å². The summed E-state index contributed by atoms with van der Waals surface area (Å²) in [5, 5.41) is 0.972. The average molecular weight is 474 g/mol. The van der Waals surface area contributed by atoms with Crippen LogP contribution in [-0.4, -0.2) is 35.4 Å². The number of benzene rings is 2. The van der Waals surface area contributed by atoms with E-state index in [9.17, 15) is 8.78 Å². The molecule has 3 N–H and O–H groups in total. The van der Waals surface area contributed by atoms with Crippen molar-refractivity contribution in [1.29, 1.82) is 0 Å². The molecule has 1 fully saturated rings. The van der Waals surface area contributed by atoms with E-state index < -0.39 is 30.6 Å². The zero-order valence-electron chi connectivity index (χ0n) is 19.3. The van der Waals surface area contributed by atoms with Gasteiger partial charge in [0.15, 0.2) is 0 Å². The lowest BCUT2D eigenvalue weighted by atomic mass is 9.78. The van der Waals surface area contributed by atoms with Crippen LogP contribution in [-0.2, 0) is 6.42 Å². The Hall–Kier alpha value is -2.38. The molecular formula is C27H31F4N3. The van der Waals surface area contributed by atoms with Gasteiger partial charge in [-0.25, -0.2) is 17.6 Å². The molecule has 2 aliphatic rings. The van der Waals surface area contributed by atoms with Crippen molar-refractivity contribution in [3.63, 3.8) is 0 Å². The van der Waals surface area contributed by atoms with Gasteiger partial charge in [-0.1, -0.05) is 18.2 Å². The van der Waals surface area contributed by atoms with E-state index >= 15 is 8.78 Å². The molecule has 0 unspecified atom stereocenters. The third-order valence-corrected chi connectivity index (χ3v) is 7.89. The molecule has 0 saturated heterocycles. The first-order chi connectivity index (χ1) is 16.4. The van der Waals surface area contributed by atoms with Gasteiger partial charge in [-0.15, -0.1) is 0 Å². The molecule has 5 rings (SSSR count). The maximum Gasteiger partial charge on any atom is 0.251 e. The van der Waals surface area contributed by atoms with Gasteiger partial charge in [-0.2, -0.15) is 0 Å². The van der Waals surface area contributed by atoms with Crippen LogP contribution >= 0.6 is 0 Å². The lowest BCUT2D eigenvalue weighted by molar-refractivity contribution is 0.0437. The van der Waals surface area contributed by atoms with Crippen molar-refractivity contribution < 1.29 is 17.6 Å². The largest absolute Gasteiger partial charge is 0.357 e. The molecule has 3 nitrogen and oxygen atoms in total. The summed E-state index contributed by atoms with van der Waals surface area (Å²) in [5.74, 6) is -0.776. The van der Waals surface area contributed by atoms with Crippen molar-refractivity contribution in [1.82, 2.24) is 9.88 Å². The SMILES string of the molecule is C[C@@H]1Cc2c([nH]c3ccccc23)[C@@H](c2c(F)cc(C3CCC(CN)CC3)cc2F)N1CC(F)F.